The Bertz CT molecular complexity index is 1270. The fourth-order valence-electron chi connectivity index (χ4n) is 4.71. The van der Waals surface area contributed by atoms with Crippen molar-refractivity contribution in [2.24, 2.45) is 0 Å². The highest BCUT2D eigenvalue weighted by Crippen LogP contribution is 2.45. The summed E-state index contributed by atoms with van der Waals surface area (Å²) in [4.78, 5) is 14.8. The lowest BCUT2D eigenvalue weighted by Crippen LogP contribution is -2.40. The summed E-state index contributed by atoms with van der Waals surface area (Å²) in [5.41, 5.74) is 1.29. The fraction of sp³-hybridized carbons (Fsp3) is 0.500. The minimum absolute atomic E-state index is 0. The van der Waals surface area contributed by atoms with E-state index in [2.05, 4.69) is 4.90 Å². The van der Waals surface area contributed by atoms with Crippen LogP contribution in [0.3, 0.4) is 0 Å². The average Bonchev–Trinajstić information content (AvgIpc) is 3.72. The van der Waals surface area contributed by atoms with E-state index < -0.39 is 32.8 Å². The monoisotopic (exact) mass is 522 g/mol. The molecule has 196 valence electrons. The van der Waals surface area contributed by atoms with Crippen LogP contribution in [0.25, 0.3) is 0 Å². The number of nitrogens with zero attached hydrogens (tertiary/aromatic N) is 1. The highest BCUT2D eigenvalue weighted by Gasteiger charge is 2.38. The number of halogens is 2. The summed E-state index contributed by atoms with van der Waals surface area (Å²) in [6.07, 6.45) is 4.32. The molecular weight excluding hydrogens is 490 g/mol. The number of benzene rings is 2. The van der Waals surface area contributed by atoms with Gasteiger partial charge in [0.05, 0.1) is 17.9 Å². The van der Waals surface area contributed by atoms with Crippen LogP contribution in [0.4, 0.5) is 8.78 Å². The molecule has 2 saturated carbocycles. The fourth-order valence-corrected chi connectivity index (χ4v) is 6.00. The minimum Gasteiger partial charge on any atom is -0.494 e. The van der Waals surface area contributed by atoms with Crippen LogP contribution in [0.2, 0.25) is 0 Å². The predicted molar refractivity (Wildman–Crippen MR) is 132 cm³/mol. The number of nitrogens with one attached hydrogen (secondary N) is 1. The second kappa shape index (κ2) is 9.97. The molecule has 7 nitrogen and oxygen atoms in total. The molecule has 1 saturated heterocycles. The van der Waals surface area contributed by atoms with Crippen molar-refractivity contribution in [1.29, 1.82) is 0 Å². The van der Waals surface area contributed by atoms with Crippen LogP contribution < -0.4 is 14.2 Å². The number of sulfonamides is 1. The van der Waals surface area contributed by atoms with Gasteiger partial charge in [-0.2, -0.15) is 0 Å². The van der Waals surface area contributed by atoms with Gasteiger partial charge in [0, 0.05) is 20.6 Å². The standard InChI is InChI=1S/C26H30F2N2O5S.H2/c1-34-24-9-4-16(11-23(24)28)14-30-10-2-3-18(15-30)35-25-13-22(27)21(12-20(25)17-5-6-17)26(31)29-36(32,33)19-7-8-19;/h4,9,11-13,17-19H,2-3,5-8,10,14-15H2,1H3,(H,29,31);1H/t18-;/m1./s1. The lowest BCUT2D eigenvalue weighted by Gasteiger charge is -2.33. The molecule has 1 N–H and O–H groups in total. The van der Waals surface area contributed by atoms with Crippen molar-refractivity contribution in [1.82, 2.24) is 9.62 Å². The zero-order chi connectivity index (χ0) is 25.4. The molecule has 1 heterocycles. The van der Waals surface area contributed by atoms with E-state index in [1.807, 2.05) is 10.8 Å². The van der Waals surface area contributed by atoms with Gasteiger partial charge >= 0.3 is 0 Å². The summed E-state index contributed by atoms with van der Waals surface area (Å²) in [5, 5.41) is -0.571. The number of ether oxygens (including phenoxy) is 2. The van der Waals surface area contributed by atoms with Crippen molar-refractivity contribution in [3.63, 3.8) is 0 Å². The number of hydrogen-bond donors (Lipinski definition) is 1. The molecule has 0 bridgehead atoms. The first-order valence-corrected chi connectivity index (χ1v) is 13.9. The van der Waals surface area contributed by atoms with Gasteiger partial charge in [0.1, 0.15) is 17.7 Å². The lowest BCUT2D eigenvalue weighted by atomic mass is 10.0. The van der Waals surface area contributed by atoms with Crippen LogP contribution >= 0.6 is 0 Å². The van der Waals surface area contributed by atoms with Crippen LogP contribution in [0.1, 0.15) is 67.4 Å². The number of methoxy groups -OCH3 is 1. The molecular formula is C26H32F2N2O5S. The van der Waals surface area contributed by atoms with E-state index in [1.165, 1.54) is 25.3 Å². The number of carbonyl (C=O) groups excluding carboxylic acids is 1. The van der Waals surface area contributed by atoms with Crippen LogP contribution in [-0.4, -0.2) is 50.8 Å². The topological polar surface area (TPSA) is 84.9 Å². The Morgan fingerprint density at radius 1 is 1.08 bits per heavy atom. The number of hydrogen-bond acceptors (Lipinski definition) is 6. The van der Waals surface area contributed by atoms with E-state index >= 15 is 0 Å². The van der Waals surface area contributed by atoms with Gasteiger partial charge < -0.3 is 9.47 Å². The third-order valence-electron chi connectivity index (χ3n) is 6.94. The summed E-state index contributed by atoms with van der Waals surface area (Å²) in [6, 6.07) is 7.57. The Balaban J connectivity index is 0.00000320. The third-order valence-corrected chi connectivity index (χ3v) is 8.76. The van der Waals surface area contributed by atoms with Crippen molar-refractivity contribution >= 4 is 15.9 Å². The molecule has 3 aliphatic rings. The Hall–Kier alpha value is -2.72. The van der Waals surface area contributed by atoms with Gasteiger partial charge in [-0.3, -0.25) is 9.69 Å². The van der Waals surface area contributed by atoms with Crippen molar-refractivity contribution in [3.8, 4) is 11.5 Å². The molecule has 0 aromatic heterocycles. The van der Waals surface area contributed by atoms with E-state index in [-0.39, 0.29) is 24.8 Å². The molecule has 2 aromatic rings. The molecule has 1 amide bonds. The van der Waals surface area contributed by atoms with Gasteiger partial charge in [-0.05, 0) is 80.3 Å². The van der Waals surface area contributed by atoms with Gasteiger partial charge in [0.25, 0.3) is 5.91 Å². The van der Waals surface area contributed by atoms with Gasteiger partial charge in [-0.25, -0.2) is 21.9 Å². The van der Waals surface area contributed by atoms with E-state index in [0.717, 1.165) is 43.4 Å². The van der Waals surface area contributed by atoms with Crippen LogP contribution in [-0.2, 0) is 16.6 Å². The first kappa shape index (κ1) is 25.0. The average molecular weight is 523 g/mol. The van der Waals surface area contributed by atoms with Crippen LogP contribution in [0, 0.1) is 11.6 Å². The van der Waals surface area contributed by atoms with Gasteiger partial charge in [0.15, 0.2) is 11.6 Å². The normalized spacial score (nSPS) is 20.7. The first-order valence-electron chi connectivity index (χ1n) is 12.3. The van der Waals surface area contributed by atoms with Gasteiger partial charge in [0.2, 0.25) is 10.0 Å². The van der Waals surface area contributed by atoms with E-state index in [9.17, 15) is 22.0 Å². The minimum atomic E-state index is -3.77. The lowest BCUT2D eigenvalue weighted by molar-refractivity contribution is 0.0832. The van der Waals surface area contributed by atoms with Gasteiger partial charge in [-0.15, -0.1) is 0 Å². The molecule has 36 heavy (non-hydrogen) atoms. The van der Waals surface area contributed by atoms with Crippen LogP contribution in [0.5, 0.6) is 11.5 Å². The highest BCUT2D eigenvalue weighted by molar-refractivity contribution is 7.91. The molecule has 5 rings (SSSR count). The Kier molecular flexibility index (Phi) is 6.91. The zero-order valence-corrected chi connectivity index (χ0v) is 21.0. The van der Waals surface area contributed by atoms with Gasteiger partial charge in [-0.1, -0.05) is 6.07 Å². The maximum absolute atomic E-state index is 15.0. The molecule has 3 fully saturated rings. The third kappa shape index (κ3) is 5.64. The molecule has 2 aromatic carbocycles. The first-order chi connectivity index (χ1) is 17.2. The van der Waals surface area contributed by atoms with E-state index in [0.29, 0.717) is 31.7 Å². The van der Waals surface area contributed by atoms with Crippen molar-refractivity contribution in [3.05, 3.63) is 58.7 Å². The SMILES string of the molecule is COc1ccc(CN2CCC[C@@H](Oc3cc(F)c(C(=O)NS(=O)(=O)C4CC4)cc3C3CC3)C2)cc1F.[HH]. The maximum atomic E-state index is 15.0. The molecule has 1 aliphatic heterocycles. The van der Waals surface area contributed by atoms with Crippen molar-refractivity contribution in [2.45, 2.75) is 62.3 Å². The second-order valence-corrected chi connectivity index (χ2v) is 11.9. The summed E-state index contributed by atoms with van der Waals surface area (Å²) >= 11 is 0. The summed E-state index contributed by atoms with van der Waals surface area (Å²) < 4.78 is 66.6. The number of rotatable bonds is 9. The number of piperidine rings is 1. The van der Waals surface area contributed by atoms with Crippen molar-refractivity contribution in [2.75, 3.05) is 20.2 Å². The smallest absolute Gasteiger partial charge is 0.267 e. The van der Waals surface area contributed by atoms with E-state index in [4.69, 9.17) is 9.47 Å². The summed E-state index contributed by atoms with van der Waals surface area (Å²) in [7, 11) is -2.34. The maximum Gasteiger partial charge on any atom is 0.267 e. The van der Waals surface area contributed by atoms with E-state index in [1.54, 1.807) is 6.07 Å². The number of amides is 1. The van der Waals surface area contributed by atoms with Crippen molar-refractivity contribution < 1.29 is 32.9 Å². The molecule has 0 radical (unpaired) electrons. The number of likely N-dealkylation sites (tertiary alicyclic amines) is 1. The Morgan fingerprint density at radius 3 is 2.53 bits per heavy atom. The summed E-state index contributed by atoms with van der Waals surface area (Å²) in [5.74, 6) is -1.38. The zero-order valence-electron chi connectivity index (χ0n) is 20.1. The number of carbonyl (C=O) groups is 1. The predicted octanol–water partition coefficient (Wildman–Crippen LogP) is 4.36. The largest absolute Gasteiger partial charge is 0.494 e. The molecule has 0 spiro atoms. The molecule has 2 aliphatic carbocycles. The van der Waals surface area contributed by atoms with Crippen LogP contribution in [0.15, 0.2) is 30.3 Å². The molecule has 1 atom stereocenters. The quantitative estimate of drug-likeness (QED) is 0.527. The summed E-state index contributed by atoms with van der Waals surface area (Å²) in [6.45, 7) is 1.99. The Labute approximate surface area is 211 Å². The second-order valence-electron chi connectivity index (χ2n) is 9.91. The highest BCUT2D eigenvalue weighted by atomic mass is 32.2. The molecule has 0 unspecified atom stereocenters. The Morgan fingerprint density at radius 2 is 1.86 bits per heavy atom. The molecule has 10 heteroatoms.